The lowest BCUT2D eigenvalue weighted by Crippen LogP contribution is -2.64. The van der Waals surface area contributed by atoms with Gasteiger partial charge in [0.1, 0.15) is 12.1 Å². The molecule has 1 heterocycles. The van der Waals surface area contributed by atoms with Crippen molar-refractivity contribution in [1.82, 2.24) is 10.2 Å². The maximum Gasteiger partial charge on any atom is 0.245 e. The van der Waals surface area contributed by atoms with E-state index in [0.29, 0.717) is 32.1 Å². The molecule has 2 unspecified atom stereocenters. The molecule has 0 spiro atoms. The normalized spacial score (nSPS) is 26.8. The molecule has 5 heteroatoms. The Balaban J connectivity index is 1.99. The van der Waals surface area contributed by atoms with Crippen LogP contribution >= 0.6 is 0 Å². The van der Waals surface area contributed by atoms with Gasteiger partial charge in [0.15, 0.2) is 0 Å². The van der Waals surface area contributed by atoms with Crippen molar-refractivity contribution in [2.75, 3.05) is 19.8 Å². The average Bonchev–Trinajstić information content (AvgIpc) is 3.24. The van der Waals surface area contributed by atoms with Gasteiger partial charge in [-0.15, -0.1) is 0 Å². The molecule has 0 aromatic carbocycles. The van der Waals surface area contributed by atoms with Crippen LogP contribution in [0.2, 0.25) is 0 Å². The van der Waals surface area contributed by atoms with E-state index in [2.05, 4.69) is 12.2 Å². The van der Waals surface area contributed by atoms with E-state index < -0.39 is 0 Å². The Kier molecular flexibility index (Phi) is 5.40. The number of ether oxygens (including phenoxy) is 1. The fourth-order valence-corrected chi connectivity index (χ4v) is 2.82. The summed E-state index contributed by atoms with van der Waals surface area (Å²) in [5, 5.41) is 2.90. The predicted molar refractivity (Wildman–Crippen MR) is 76.2 cm³/mol. The molecule has 5 nitrogen and oxygen atoms in total. The molecule has 2 amide bonds. The summed E-state index contributed by atoms with van der Waals surface area (Å²) in [7, 11) is 0. The van der Waals surface area contributed by atoms with Gasteiger partial charge in [0.2, 0.25) is 11.8 Å². The number of carbonyl (C=O) groups excluding carboxylic acids is 2. The zero-order chi connectivity index (χ0) is 14.5. The summed E-state index contributed by atoms with van der Waals surface area (Å²) in [6, 6.07) is -0.602. The third-order valence-corrected chi connectivity index (χ3v) is 3.97. The topological polar surface area (TPSA) is 58.6 Å². The second kappa shape index (κ2) is 7.07. The van der Waals surface area contributed by atoms with Crippen molar-refractivity contribution >= 4 is 11.8 Å². The summed E-state index contributed by atoms with van der Waals surface area (Å²) >= 11 is 0. The standard InChI is InChI=1S/C15H26N2O3/c1-3-5-12-15(19)17(8-10-20-9-4-2)13(11-6-7-11)14(18)16-12/h11-13H,3-10H2,1-2H3,(H,16,18). The molecule has 0 radical (unpaired) electrons. The van der Waals surface area contributed by atoms with Crippen LogP contribution in [0, 0.1) is 5.92 Å². The van der Waals surface area contributed by atoms with Crippen LogP contribution in [-0.4, -0.2) is 48.6 Å². The van der Waals surface area contributed by atoms with Crippen molar-refractivity contribution in [2.45, 2.75) is 58.0 Å². The fraction of sp³-hybridized carbons (Fsp3) is 0.867. The van der Waals surface area contributed by atoms with Crippen LogP contribution < -0.4 is 5.32 Å². The summed E-state index contributed by atoms with van der Waals surface area (Å²) in [6.07, 6.45) is 4.68. The lowest BCUT2D eigenvalue weighted by Gasteiger charge is -2.39. The summed E-state index contributed by atoms with van der Waals surface area (Å²) in [6.45, 7) is 5.86. The quantitative estimate of drug-likeness (QED) is 0.683. The molecule has 1 saturated carbocycles. The molecule has 0 aromatic heterocycles. The van der Waals surface area contributed by atoms with Crippen LogP contribution in [0.4, 0.5) is 0 Å². The van der Waals surface area contributed by atoms with Gasteiger partial charge in [-0.05, 0) is 31.6 Å². The second-order valence-electron chi connectivity index (χ2n) is 5.78. The Labute approximate surface area is 121 Å². The predicted octanol–water partition coefficient (Wildman–Crippen LogP) is 1.32. The zero-order valence-electron chi connectivity index (χ0n) is 12.6. The van der Waals surface area contributed by atoms with Gasteiger partial charge in [-0.2, -0.15) is 0 Å². The van der Waals surface area contributed by atoms with Gasteiger partial charge in [0.25, 0.3) is 0 Å². The van der Waals surface area contributed by atoms with E-state index in [1.165, 1.54) is 0 Å². The first-order valence-electron chi connectivity index (χ1n) is 7.87. The highest BCUT2D eigenvalue weighted by atomic mass is 16.5. The van der Waals surface area contributed by atoms with Crippen molar-refractivity contribution in [3.05, 3.63) is 0 Å². The van der Waals surface area contributed by atoms with E-state index >= 15 is 0 Å². The maximum absolute atomic E-state index is 12.5. The molecule has 2 aliphatic rings. The first kappa shape index (κ1) is 15.3. The first-order valence-corrected chi connectivity index (χ1v) is 7.87. The smallest absolute Gasteiger partial charge is 0.245 e. The Morgan fingerprint density at radius 1 is 1.20 bits per heavy atom. The number of hydrogen-bond acceptors (Lipinski definition) is 3. The van der Waals surface area contributed by atoms with Gasteiger partial charge in [-0.25, -0.2) is 0 Å². The molecule has 2 fully saturated rings. The maximum atomic E-state index is 12.5. The van der Waals surface area contributed by atoms with Crippen LogP contribution in [0.25, 0.3) is 0 Å². The highest BCUT2D eigenvalue weighted by Crippen LogP contribution is 2.37. The van der Waals surface area contributed by atoms with Gasteiger partial charge < -0.3 is 15.0 Å². The zero-order valence-corrected chi connectivity index (χ0v) is 12.6. The molecule has 0 bridgehead atoms. The molecule has 114 valence electrons. The van der Waals surface area contributed by atoms with E-state index in [9.17, 15) is 9.59 Å². The molecule has 0 aromatic rings. The highest BCUT2D eigenvalue weighted by molar-refractivity contribution is 5.97. The Morgan fingerprint density at radius 2 is 1.95 bits per heavy atom. The molecule has 2 atom stereocenters. The highest BCUT2D eigenvalue weighted by Gasteiger charge is 2.47. The molecule has 1 aliphatic carbocycles. The molecule has 20 heavy (non-hydrogen) atoms. The number of rotatable bonds is 8. The fourth-order valence-electron chi connectivity index (χ4n) is 2.82. The minimum Gasteiger partial charge on any atom is -0.380 e. The number of hydrogen-bond donors (Lipinski definition) is 1. The molecular weight excluding hydrogens is 256 g/mol. The largest absolute Gasteiger partial charge is 0.380 e. The Hall–Kier alpha value is -1.10. The van der Waals surface area contributed by atoms with Crippen LogP contribution in [-0.2, 0) is 14.3 Å². The summed E-state index contributed by atoms with van der Waals surface area (Å²) < 4.78 is 5.49. The molecule has 2 rings (SSSR count). The molecule has 1 saturated heterocycles. The summed E-state index contributed by atoms with van der Waals surface area (Å²) in [4.78, 5) is 26.6. The van der Waals surface area contributed by atoms with Crippen molar-refractivity contribution in [3.8, 4) is 0 Å². The molecular formula is C15H26N2O3. The Morgan fingerprint density at radius 3 is 2.55 bits per heavy atom. The summed E-state index contributed by atoms with van der Waals surface area (Å²) in [5.74, 6) is 0.456. The molecule has 1 N–H and O–H groups in total. The first-order chi connectivity index (χ1) is 9.69. The van der Waals surface area contributed by atoms with E-state index in [4.69, 9.17) is 4.74 Å². The van der Waals surface area contributed by atoms with Crippen LogP contribution in [0.5, 0.6) is 0 Å². The van der Waals surface area contributed by atoms with E-state index in [-0.39, 0.29) is 23.9 Å². The van der Waals surface area contributed by atoms with Gasteiger partial charge in [-0.3, -0.25) is 9.59 Å². The van der Waals surface area contributed by atoms with Crippen molar-refractivity contribution in [2.24, 2.45) is 5.92 Å². The van der Waals surface area contributed by atoms with E-state index in [1.807, 2.05) is 6.92 Å². The van der Waals surface area contributed by atoms with Gasteiger partial charge in [0.05, 0.1) is 6.61 Å². The van der Waals surface area contributed by atoms with Gasteiger partial charge >= 0.3 is 0 Å². The monoisotopic (exact) mass is 282 g/mol. The third-order valence-electron chi connectivity index (χ3n) is 3.97. The second-order valence-corrected chi connectivity index (χ2v) is 5.78. The molecule has 1 aliphatic heterocycles. The number of amides is 2. The summed E-state index contributed by atoms with van der Waals surface area (Å²) in [5.41, 5.74) is 0. The number of nitrogens with one attached hydrogen (secondary N) is 1. The van der Waals surface area contributed by atoms with E-state index in [1.54, 1.807) is 4.90 Å². The van der Waals surface area contributed by atoms with Crippen molar-refractivity contribution in [3.63, 3.8) is 0 Å². The minimum absolute atomic E-state index is 0.0287. The van der Waals surface area contributed by atoms with Crippen molar-refractivity contribution in [1.29, 1.82) is 0 Å². The minimum atomic E-state index is -0.339. The van der Waals surface area contributed by atoms with Gasteiger partial charge in [0, 0.05) is 13.2 Å². The third kappa shape index (κ3) is 3.51. The number of nitrogens with zero attached hydrogens (tertiary/aromatic N) is 1. The van der Waals surface area contributed by atoms with Crippen LogP contribution in [0.1, 0.15) is 46.0 Å². The van der Waals surface area contributed by atoms with Crippen molar-refractivity contribution < 1.29 is 14.3 Å². The lowest BCUT2D eigenvalue weighted by atomic mass is 10.0. The Bertz CT molecular complexity index is 355. The van der Waals surface area contributed by atoms with Crippen LogP contribution in [0.15, 0.2) is 0 Å². The average molecular weight is 282 g/mol. The van der Waals surface area contributed by atoms with Crippen LogP contribution in [0.3, 0.4) is 0 Å². The number of carbonyl (C=O) groups is 2. The number of piperazine rings is 1. The lowest BCUT2D eigenvalue weighted by molar-refractivity contribution is -0.151. The van der Waals surface area contributed by atoms with E-state index in [0.717, 1.165) is 25.7 Å². The SMILES string of the molecule is CCCOCCN1C(=O)C(CCC)NC(=O)C1C1CC1. The van der Waals surface area contributed by atoms with Gasteiger partial charge in [-0.1, -0.05) is 20.3 Å².